The van der Waals surface area contributed by atoms with E-state index in [4.69, 9.17) is 5.26 Å². The third kappa shape index (κ3) is 3.43. The van der Waals surface area contributed by atoms with Gasteiger partial charge in [-0.3, -0.25) is 0 Å². The van der Waals surface area contributed by atoms with Gasteiger partial charge < -0.3 is 5.32 Å². The number of hydrogen-bond acceptors (Lipinski definition) is 2. The summed E-state index contributed by atoms with van der Waals surface area (Å²) in [6, 6.07) is 16.4. The van der Waals surface area contributed by atoms with E-state index in [2.05, 4.69) is 18.3 Å². The van der Waals surface area contributed by atoms with E-state index < -0.39 is 0 Å². The lowest BCUT2D eigenvalue weighted by Gasteiger charge is -2.21. The average molecular weight is 268 g/mol. The van der Waals surface area contributed by atoms with E-state index in [-0.39, 0.29) is 17.9 Å². The topological polar surface area (TPSA) is 35.8 Å². The average Bonchev–Trinajstić information content (AvgIpc) is 2.47. The summed E-state index contributed by atoms with van der Waals surface area (Å²) in [6.45, 7) is 4.06. The van der Waals surface area contributed by atoms with Gasteiger partial charge in [-0.1, -0.05) is 24.3 Å². The molecular weight excluding hydrogens is 251 g/mol. The summed E-state index contributed by atoms with van der Waals surface area (Å²) in [5.41, 5.74) is 2.68. The Kier molecular flexibility index (Phi) is 4.49. The van der Waals surface area contributed by atoms with Crippen molar-refractivity contribution in [1.29, 1.82) is 5.26 Å². The van der Waals surface area contributed by atoms with E-state index >= 15 is 0 Å². The molecule has 0 bridgehead atoms. The number of rotatable bonds is 4. The first kappa shape index (κ1) is 14.2. The van der Waals surface area contributed by atoms with Gasteiger partial charge in [0.2, 0.25) is 0 Å². The predicted octanol–water partition coefficient (Wildman–Crippen LogP) is 4.11. The lowest BCUT2D eigenvalue weighted by molar-refractivity contribution is 0.492. The van der Waals surface area contributed by atoms with E-state index in [0.29, 0.717) is 5.56 Å². The molecule has 2 atom stereocenters. The molecule has 0 saturated heterocycles. The van der Waals surface area contributed by atoms with Crippen molar-refractivity contribution in [3.05, 3.63) is 71.0 Å². The van der Waals surface area contributed by atoms with Gasteiger partial charge in [0.05, 0.1) is 11.6 Å². The minimum Gasteiger partial charge on any atom is -0.304 e. The minimum absolute atomic E-state index is 0.0522. The second-order valence-corrected chi connectivity index (χ2v) is 4.90. The van der Waals surface area contributed by atoms with E-state index in [0.717, 1.165) is 11.1 Å². The van der Waals surface area contributed by atoms with E-state index in [1.165, 1.54) is 6.07 Å². The van der Waals surface area contributed by atoms with E-state index in [9.17, 15) is 4.39 Å². The van der Waals surface area contributed by atoms with Crippen LogP contribution in [-0.2, 0) is 0 Å². The van der Waals surface area contributed by atoms with Crippen LogP contribution < -0.4 is 5.32 Å². The molecule has 0 aromatic heterocycles. The zero-order valence-electron chi connectivity index (χ0n) is 11.6. The molecule has 2 aromatic carbocycles. The second-order valence-electron chi connectivity index (χ2n) is 4.90. The van der Waals surface area contributed by atoms with Gasteiger partial charge in [-0.2, -0.15) is 5.26 Å². The Labute approximate surface area is 118 Å². The number of nitrogens with zero attached hydrogens (tertiary/aromatic N) is 1. The number of nitriles is 1. The summed E-state index contributed by atoms with van der Waals surface area (Å²) < 4.78 is 13.2. The van der Waals surface area contributed by atoms with E-state index in [1.807, 2.05) is 25.1 Å². The number of hydrogen-bond donors (Lipinski definition) is 1. The Balaban J connectivity index is 2.06. The van der Waals surface area contributed by atoms with Gasteiger partial charge in [0.25, 0.3) is 0 Å². The molecule has 2 aromatic rings. The predicted molar refractivity (Wildman–Crippen MR) is 77.5 cm³/mol. The van der Waals surface area contributed by atoms with Crippen molar-refractivity contribution in [2.24, 2.45) is 0 Å². The molecule has 0 fully saturated rings. The summed E-state index contributed by atoms with van der Waals surface area (Å²) in [5.74, 6) is -0.220. The molecule has 2 nitrogen and oxygen atoms in total. The standard InChI is InChI=1S/C17H17FN2/c1-12(15-8-6-14(11-19)7-9-15)20-13(2)16-4-3-5-17(18)10-16/h3-10,12-13,20H,1-2H3/t12?,13-/m1/s1. The molecular formula is C17H17FN2. The first-order chi connectivity index (χ1) is 9.60. The Morgan fingerprint density at radius 2 is 1.65 bits per heavy atom. The molecule has 1 unspecified atom stereocenters. The largest absolute Gasteiger partial charge is 0.304 e. The zero-order chi connectivity index (χ0) is 14.5. The van der Waals surface area contributed by atoms with Crippen molar-refractivity contribution < 1.29 is 4.39 Å². The van der Waals surface area contributed by atoms with Gasteiger partial charge in [0, 0.05) is 12.1 Å². The Morgan fingerprint density at radius 3 is 2.25 bits per heavy atom. The molecule has 20 heavy (non-hydrogen) atoms. The first-order valence-electron chi connectivity index (χ1n) is 6.61. The highest BCUT2D eigenvalue weighted by Gasteiger charge is 2.11. The highest BCUT2D eigenvalue weighted by atomic mass is 19.1. The first-order valence-corrected chi connectivity index (χ1v) is 6.61. The molecule has 102 valence electrons. The molecule has 0 aliphatic heterocycles. The van der Waals surface area contributed by atoms with Crippen LogP contribution in [0.2, 0.25) is 0 Å². The SMILES string of the molecule is CC(N[C@H](C)c1cccc(F)c1)c1ccc(C#N)cc1. The summed E-state index contributed by atoms with van der Waals surface area (Å²) in [4.78, 5) is 0. The van der Waals surface area contributed by atoms with Gasteiger partial charge in [-0.15, -0.1) is 0 Å². The molecule has 0 aliphatic carbocycles. The summed E-state index contributed by atoms with van der Waals surface area (Å²) in [7, 11) is 0. The minimum atomic E-state index is -0.220. The number of nitrogens with one attached hydrogen (secondary N) is 1. The fourth-order valence-electron chi connectivity index (χ4n) is 2.19. The molecule has 2 rings (SSSR count). The molecule has 3 heteroatoms. The third-order valence-corrected chi connectivity index (χ3v) is 3.39. The molecule has 0 heterocycles. The maximum absolute atomic E-state index is 13.2. The summed E-state index contributed by atoms with van der Waals surface area (Å²) in [6.07, 6.45) is 0. The van der Waals surface area contributed by atoms with Crippen LogP contribution >= 0.6 is 0 Å². The lowest BCUT2D eigenvalue weighted by Crippen LogP contribution is -2.22. The lowest BCUT2D eigenvalue weighted by atomic mass is 10.0. The second kappa shape index (κ2) is 6.31. The van der Waals surface area contributed by atoms with Gasteiger partial charge in [-0.05, 0) is 49.2 Å². The molecule has 0 radical (unpaired) electrons. The maximum Gasteiger partial charge on any atom is 0.123 e. The zero-order valence-corrected chi connectivity index (χ0v) is 11.6. The highest BCUT2D eigenvalue weighted by Crippen LogP contribution is 2.20. The smallest absolute Gasteiger partial charge is 0.123 e. The van der Waals surface area contributed by atoms with Crippen LogP contribution in [0.15, 0.2) is 48.5 Å². The van der Waals surface area contributed by atoms with Crippen LogP contribution in [0.4, 0.5) is 4.39 Å². The molecule has 1 N–H and O–H groups in total. The quantitative estimate of drug-likeness (QED) is 0.905. The number of halogens is 1. The molecule has 0 spiro atoms. The normalized spacial score (nSPS) is 13.5. The van der Waals surface area contributed by atoms with Gasteiger partial charge >= 0.3 is 0 Å². The van der Waals surface area contributed by atoms with Gasteiger partial charge in [-0.25, -0.2) is 4.39 Å². The Hall–Kier alpha value is -2.18. The van der Waals surface area contributed by atoms with Gasteiger partial charge in [0.15, 0.2) is 0 Å². The van der Waals surface area contributed by atoms with Crippen LogP contribution in [0, 0.1) is 17.1 Å². The fourth-order valence-corrected chi connectivity index (χ4v) is 2.19. The van der Waals surface area contributed by atoms with Gasteiger partial charge in [0.1, 0.15) is 5.82 Å². The van der Waals surface area contributed by atoms with Crippen LogP contribution in [0.25, 0.3) is 0 Å². The van der Waals surface area contributed by atoms with E-state index in [1.54, 1.807) is 24.3 Å². The Bertz CT molecular complexity index is 614. The summed E-state index contributed by atoms with van der Waals surface area (Å²) in [5, 5.41) is 12.2. The third-order valence-electron chi connectivity index (χ3n) is 3.39. The van der Waals surface area contributed by atoms with Crippen molar-refractivity contribution >= 4 is 0 Å². The fraction of sp³-hybridized carbons (Fsp3) is 0.235. The van der Waals surface area contributed by atoms with Crippen LogP contribution in [0.1, 0.15) is 42.6 Å². The highest BCUT2D eigenvalue weighted by molar-refractivity contribution is 5.33. The van der Waals surface area contributed by atoms with Crippen LogP contribution in [0.3, 0.4) is 0 Å². The molecule has 0 saturated carbocycles. The van der Waals surface area contributed by atoms with Crippen molar-refractivity contribution in [2.75, 3.05) is 0 Å². The molecule has 0 amide bonds. The van der Waals surface area contributed by atoms with Crippen LogP contribution in [-0.4, -0.2) is 0 Å². The number of benzene rings is 2. The Morgan fingerprint density at radius 1 is 1.00 bits per heavy atom. The molecule has 0 aliphatic rings. The van der Waals surface area contributed by atoms with Crippen LogP contribution in [0.5, 0.6) is 0 Å². The maximum atomic E-state index is 13.2. The summed E-state index contributed by atoms with van der Waals surface area (Å²) >= 11 is 0. The van der Waals surface area contributed by atoms with Crippen molar-refractivity contribution in [1.82, 2.24) is 5.32 Å². The van der Waals surface area contributed by atoms with Crippen molar-refractivity contribution in [3.8, 4) is 6.07 Å². The van der Waals surface area contributed by atoms with Crippen molar-refractivity contribution in [2.45, 2.75) is 25.9 Å². The monoisotopic (exact) mass is 268 g/mol. The van der Waals surface area contributed by atoms with Crippen molar-refractivity contribution in [3.63, 3.8) is 0 Å².